The zero-order chi connectivity index (χ0) is 25.6. The largest absolute Gasteiger partial charge is 0.491 e. The van der Waals surface area contributed by atoms with Crippen LogP contribution in [0.15, 0.2) is 53.4 Å². The summed E-state index contributed by atoms with van der Waals surface area (Å²) in [4.78, 5) is 19.0. The van der Waals surface area contributed by atoms with Crippen molar-refractivity contribution in [3.8, 4) is 16.9 Å². The van der Waals surface area contributed by atoms with Gasteiger partial charge in [0.25, 0.3) is 5.91 Å². The molecule has 1 amide bonds. The van der Waals surface area contributed by atoms with E-state index in [0.29, 0.717) is 17.4 Å². The summed E-state index contributed by atoms with van der Waals surface area (Å²) < 4.78 is 45.8. The van der Waals surface area contributed by atoms with Gasteiger partial charge >= 0.3 is 0 Å². The summed E-state index contributed by atoms with van der Waals surface area (Å²) in [7, 11) is -3.75. The third kappa shape index (κ3) is 4.42. The minimum absolute atomic E-state index is 0.0965. The van der Waals surface area contributed by atoms with E-state index in [1.54, 1.807) is 11.8 Å². The van der Waals surface area contributed by atoms with Gasteiger partial charge < -0.3 is 15.4 Å². The van der Waals surface area contributed by atoms with Crippen LogP contribution in [0, 0.1) is 5.82 Å². The van der Waals surface area contributed by atoms with E-state index in [4.69, 9.17) is 10.5 Å². The maximum atomic E-state index is 15.0. The molecule has 2 N–H and O–H groups in total. The van der Waals surface area contributed by atoms with Crippen LogP contribution in [-0.4, -0.2) is 43.6 Å². The smallest absolute Gasteiger partial charge is 0.254 e. The molecule has 0 spiro atoms. The number of nitrogens with zero attached hydrogens (tertiary/aromatic N) is 2. The monoisotopic (exact) mass is 525 g/mol. The molecule has 3 aromatic carbocycles. The fourth-order valence-corrected chi connectivity index (χ4v) is 6.01. The fourth-order valence-electron chi connectivity index (χ4n) is 4.47. The van der Waals surface area contributed by atoms with Crippen molar-refractivity contribution < 1.29 is 22.3 Å². The van der Waals surface area contributed by atoms with Crippen molar-refractivity contribution in [1.29, 1.82) is 0 Å². The van der Waals surface area contributed by atoms with Gasteiger partial charge in [0, 0.05) is 29.5 Å². The predicted octanol–water partition coefficient (Wildman–Crippen LogP) is 4.69. The number of anilines is 1. The summed E-state index contributed by atoms with van der Waals surface area (Å²) in [5.41, 5.74) is 9.71. The lowest BCUT2D eigenvalue weighted by molar-refractivity contribution is 0.0731. The number of nitrogen functional groups attached to an aromatic ring is 1. The number of carbonyl (C=O) groups is 1. The van der Waals surface area contributed by atoms with E-state index in [2.05, 4.69) is 4.98 Å². The van der Waals surface area contributed by atoms with Crippen LogP contribution < -0.4 is 10.5 Å². The quantitative estimate of drug-likeness (QED) is 0.415. The van der Waals surface area contributed by atoms with Crippen LogP contribution >= 0.6 is 11.3 Å². The summed E-state index contributed by atoms with van der Waals surface area (Å²) in [5, 5.41) is 0.513. The summed E-state index contributed by atoms with van der Waals surface area (Å²) in [6.45, 7) is 2.57. The molecule has 0 aliphatic carbocycles. The minimum atomic E-state index is -3.75. The topological polar surface area (TPSA) is 103 Å². The molecule has 0 fully saturated rings. The van der Waals surface area contributed by atoms with Crippen molar-refractivity contribution in [2.45, 2.75) is 24.8 Å². The van der Waals surface area contributed by atoms with Gasteiger partial charge in [0.15, 0.2) is 15.0 Å². The highest BCUT2D eigenvalue weighted by Crippen LogP contribution is 2.33. The van der Waals surface area contributed by atoms with Crippen molar-refractivity contribution in [2.24, 2.45) is 0 Å². The number of nitrogens with two attached hydrogens (primary N) is 1. The van der Waals surface area contributed by atoms with Crippen molar-refractivity contribution >= 4 is 42.4 Å². The van der Waals surface area contributed by atoms with E-state index in [0.717, 1.165) is 33.2 Å². The van der Waals surface area contributed by atoms with Gasteiger partial charge in [-0.2, -0.15) is 0 Å². The minimum Gasteiger partial charge on any atom is -0.491 e. The second kappa shape index (κ2) is 9.18. The molecular weight excluding hydrogens is 501 g/mol. The van der Waals surface area contributed by atoms with Crippen molar-refractivity contribution in [3.63, 3.8) is 0 Å². The van der Waals surface area contributed by atoms with Crippen molar-refractivity contribution in [2.75, 3.05) is 25.1 Å². The lowest BCUT2D eigenvalue weighted by atomic mass is 10.0. The summed E-state index contributed by atoms with van der Waals surface area (Å²) in [6, 6.07) is 14.4. The molecule has 1 aliphatic heterocycles. The van der Waals surface area contributed by atoms with E-state index in [-0.39, 0.29) is 36.6 Å². The number of hydrogen-bond donors (Lipinski definition) is 1. The van der Waals surface area contributed by atoms with E-state index in [1.165, 1.54) is 23.5 Å². The van der Waals surface area contributed by atoms with Crippen LogP contribution in [0.2, 0.25) is 0 Å². The highest BCUT2D eigenvalue weighted by atomic mass is 32.2. The number of benzene rings is 3. The van der Waals surface area contributed by atoms with Gasteiger partial charge in [-0.25, -0.2) is 17.8 Å². The average molecular weight is 526 g/mol. The Morgan fingerprint density at radius 3 is 2.67 bits per heavy atom. The van der Waals surface area contributed by atoms with Gasteiger partial charge in [-0.15, -0.1) is 0 Å². The molecule has 0 bridgehead atoms. The Morgan fingerprint density at radius 1 is 1.17 bits per heavy atom. The number of ether oxygens (including phenoxy) is 1. The van der Waals surface area contributed by atoms with Crippen molar-refractivity contribution in [3.05, 3.63) is 71.0 Å². The third-order valence-corrected chi connectivity index (χ3v) is 8.22. The van der Waals surface area contributed by atoms with Crippen molar-refractivity contribution in [1.82, 2.24) is 9.88 Å². The zero-order valence-electron chi connectivity index (χ0n) is 19.7. The molecule has 0 saturated carbocycles. The Balaban J connectivity index is 1.48. The summed E-state index contributed by atoms with van der Waals surface area (Å²) in [5.74, 6) is -0.542. The van der Waals surface area contributed by atoms with Crippen LogP contribution in [0.5, 0.6) is 5.75 Å². The number of sulfone groups is 1. The third-order valence-electron chi connectivity index (χ3n) is 6.26. The first-order chi connectivity index (χ1) is 17.2. The molecule has 5 rings (SSSR count). The fraction of sp³-hybridized carbons (Fsp3) is 0.231. The lowest BCUT2D eigenvalue weighted by Gasteiger charge is -2.22. The second-order valence-electron chi connectivity index (χ2n) is 8.66. The van der Waals surface area contributed by atoms with Gasteiger partial charge in [-0.3, -0.25) is 4.79 Å². The molecule has 1 aliphatic rings. The number of rotatable bonds is 4. The number of carbonyl (C=O) groups excluding carboxylic acids is 1. The molecular formula is C26H24FN3O4S2. The molecule has 186 valence electrons. The number of thiazole rings is 1. The molecule has 10 heteroatoms. The number of amides is 1. The lowest BCUT2D eigenvalue weighted by Crippen LogP contribution is -2.33. The number of fused-ring (bicyclic) bond motifs is 2. The molecule has 0 saturated heterocycles. The van der Waals surface area contributed by atoms with E-state index in [9.17, 15) is 13.2 Å². The van der Waals surface area contributed by atoms with Gasteiger partial charge in [0.2, 0.25) is 0 Å². The van der Waals surface area contributed by atoms with E-state index < -0.39 is 20.5 Å². The molecule has 36 heavy (non-hydrogen) atoms. The van der Waals surface area contributed by atoms with Gasteiger partial charge in [0.05, 0.1) is 16.8 Å². The van der Waals surface area contributed by atoms with Crippen LogP contribution in [0.25, 0.3) is 21.3 Å². The van der Waals surface area contributed by atoms with Gasteiger partial charge in [-0.05, 0) is 53.9 Å². The summed E-state index contributed by atoms with van der Waals surface area (Å²) in [6.07, 6.45) is 1.14. The first-order valence-electron chi connectivity index (χ1n) is 11.4. The maximum absolute atomic E-state index is 15.0. The molecule has 7 nitrogen and oxygen atoms in total. The SMILES string of the molecule is CCc1c(C(=O)N2CCOc3ccc(-c4ccc5nc(N)sc5c4)cc3C2)ccc(S(C)(=O)=O)c1F. The molecule has 1 aromatic heterocycles. The Hall–Kier alpha value is -3.50. The van der Waals surface area contributed by atoms with Gasteiger partial charge in [0.1, 0.15) is 23.1 Å². The molecule has 4 aromatic rings. The number of hydrogen-bond acceptors (Lipinski definition) is 7. The highest BCUT2D eigenvalue weighted by Gasteiger charge is 2.27. The molecule has 2 heterocycles. The normalized spacial score (nSPS) is 13.8. The maximum Gasteiger partial charge on any atom is 0.254 e. The summed E-state index contributed by atoms with van der Waals surface area (Å²) >= 11 is 1.42. The first kappa shape index (κ1) is 24.2. The Labute approximate surface area is 212 Å². The first-order valence-corrected chi connectivity index (χ1v) is 14.1. The number of aromatic nitrogens is 1. The predicted molar refractivity (Wildman–Crippen MR) is 139 cm³/mol. The Morgan fingerprint density at radius 2 is 1.92 bits per heavy atom. The number of halogens is 1. The highest BCUT2D eigenvalue weighted by molar-refractivity contribution is 7.90. The molecule has 0 atom stereocenters. The van der Waals surface area contributed by atoms with E-state index >= 15 is 4.39 Å². The molecule has 0 radical (unpaired) electrons. The average Bonchev–Trinajstić information content (AvgIpc) is 3.08. The van der Waals surface area contributed by atoms with Gasteiger partial charge in [-0.1, -0.05) is 30.4 Å². The molecule has 0 unspecified atom stereocenters. The van der Waals surface area contributed by atoms with E-state index in [1.807, 2.05) is 36.4 Å². The van der Waals surface area contributed by atoms with Crippen LogP contribution in [0.3, 0.4) is 0 Å². The zero-order valence-corrected chi connectivity index (χ0v) is 21.4. The van der Waals surface area contributed by atoms with Crippen LogP contribution in [-0.2, 0) is 22.8 Å². The second-order valence-corrected chi connectivity index (χ2v) is 11.7. The van der Waals surface area contributed by atoms with Crippen LogP contribution in [0.1, 0.15) is 28.4 Å². The Kier molecular flexibility index (Phi) is 6.17. The Bertz CT molecular complexity index is 1620. The van der Waals surface area contributed by atoms with Crippen LogP contribution in [0.4, 0.5) is 9.52 Å². The standard InChI is InChI=1S/C26H24FN3O4S2/c1-3-18-19(6-9-23(24(18)27)36(2,32)33)25(31)30-10-11-34-21-8-5-15(12-17(21)14-30)16-4-7-20-22(13-16)35-26(28)29-20/h4-9,12-13H,3,10-11,14H2,1-2H3,(H2,28,29).